The van der Waals surface area contributed by atoms with Gasteiger partial charge in [0.1, 0.15) is 0 Å². The number of methoxy groups -OCH3 is 1. The number of halogens is 1. The van der Waals surface area contributed by atoms with Gasteiger partial charge in [-0.1, -0.05) is 6.92 Å². The Balaban J connectivity index is 1.84. The predicted molar refractivity (Wildman–Crippen MR) is 85.1 cm³/mol. The summed E-state index contributed by atoms with van der Waals surface area (Å²) in [6, 6.07) is 6.33. The van der Waals surface area contributed by atoms with Gasteiger partial charge < -0.3 is 13.6 Å². The predicted octanol–water partition coefficient (Wildman–Crippen LogP) is 2.84. The minimum Gasteiger partial charge on any atom is -0.494 e. The van der Waals surface area contributed by atoms with Gasteiger partial charge in [-0.25, -0.2) is 4.39 Å². The molecule has 8 nitrogen and oxygen atoms in total. The molecule has 0 saturated carbocycles. The molecular weight excluding hydrogens is 353 g/mol. The Morgan fingerprint density at radius 1 is 1.20 bits per heavy atom. The van der Waals surface area contributed by atoms with Gasteiger partial charge in [0.15, 0.2) is 17.3 Å². The zero-order valence-electron chi connectivity index (χ0n) is 13.3. The van der Waals surface area contributed by atoms with Crippen molar-refractivity contribution in [2.75, 3.05) is 11.8 Å². The van der Waals surface area contributed by atoms with Crippen LogP contribution < -0.4 is 9.46 Å². The van der Waals surface area contributed by atoms with E-state index in [1.54, 1.807) is 0 Å². The third kappa shape index (κ3) is 3.48. The summed E-state index contributed by atoms with van der Waals surface area (Å²) in [5.74, 6) is -0.0861. The van der Waals surface area contributed by atoms with E-state index in [2.05, 4.69) is 14.9 Å². The van der Waals surface area contributed by atoms with E-state index in [-0.39, 0.29) is 28.2 Å². The van der Waals surface area contributed by atoms with Gasteiger partial charge in [-0.2, -0.15) is 8.42 Å². The second-order valence-electron chi connectivity index (χ2n) is 4.93. The summed E-state index contributed by atoms with van der Waals surface area (Å²) in [4.78, 5) is 0. The van der Waals surface area contributed by atoms with Crippen LogP contribution in [-0.2, 0) is 16.4 Å². The number of hydrogen-bond acceptors (Lipinski definition) is 7. The minimum atomic E-state index is -4.05. The van der Waals surface area contributed by atoms with Crippen LogP contribution in [0.1, 0.15) is 12.8 Å². The van der Waals surface area contributed by atoms with Crippen molar-refractivity contribution in [1.29, 1.82) is 0 Å². The molecule has 0 aliphatic rings. The fourth-order valence-corrected chi connectivity index (χ4v) is 3.00. The number of ether oxygens (including phenoxy) is 1. The average molecular weight is 367 g/mol. The molecule has 10 heteroatoms. The Hall–Kier alpha value is -2.88. The molecular formula is C15H14FN3O5S. The van der Waals surface area contributed by atoms with E-state index in [0.717, 1.165) is 6.07 Å². The molecule has 2 aromatic heterocycles. The first-order valence-corrected chi connectivity index (χ1v) is 8.70. The lowest BCUT2D eigenvalue weighted by atomic mass is 10.3. The molecule has 0 saturated heterocycles. The fraction of sp³-hybridized carbons (Fsp3) is 0.200. The van der Waals surface area contributed by atoms with Gasteiger partial charge in [0, 0.05) is 12.5 Å². The van der Waals surface area contributed by atoms with Gasteiger partial charge in [-0.05, 0) is 24.3 Å². The lowest BCUT2D eigenvalue weighted by Crippen LogP contribution is -2.12. The summed E-state index contributed by atoms with van der Waals surface area (Å²) >= 11 is 0. The maximum absolute atomic E-state index is 13.7. The van der Waals surface area contributed by atoms with Crippen LogP contribution in [0.3, 0.4) is 0 Å². The highest BCUT2D eigenvalue weighted by Gasteiger charge is 2.22. The molecule has 25 heavy (non-hydrogen) atoms. The van der Waals surface area contributed by atoms with Crippen LogP contribution in [0.15, 0.2) is 44.3 Å². The van der Waals surface area contributed by atoms with Gasteiger partial charge in [0.2, 0.25) is 11.0 Å². The summed E-state index contributed by atoms with van der Waals surface area (Å²) < 4.78 is 56.0. The summed E-state index contributed by atoms with van der Waals surface area (Å²) in [7, 11) is -2.74. The molecule has 3 aromatic rings. The van der Waals surface area contributed by atoms with Crippen molar-refractivity contribution in [3.63, 3.8) is 0 Å². The Kier molecular flexibility index (Phi) is 4.45. The molecule has 0 radical (unpaired) electrons. The summed E-state index contributed by atoms with van der Waals surface area (Å²) in [5, 5.41) is 7.19. The molecule has 0 bridgehead atoms. The Morgan fingerprint density at radius 2 is 2.00 bits per heavy atom. The summed E-state index contributed by atoms with van der Waals surface area (Å²) in [5.41, 5.74) is 0.0299. The number of aromatic nitrogens is 2. The minimum absolute atomic E-state index is 0.00588. The lowest BCUT2D eigenvalue weighted by Gasteiger charge is -2.07. The second-order valence-corrected chi connectivity index (χ2v) is 6.54. The molecule has 132 valence electrons. The van der Waals surface area contributed by atoms with Crippen LogP contribution in [0.2, 0.25) is 0 Å². The third-order valence-electron chi connectivity index (χ3n) is 3.23. The van der Waals surface area contributed by atoms with E-state index in [4.69, 9.17) is 13.6 Å². The van der Waals surface area contributed by atoms with Gasteiger partial charge in [0.25, 0.3) is 15.9 Å². The molecule has 0 amide bonds. The number of anilines is 1. The second kappa shape index (κ2) is 6.55. The number of furan rings is 1. The van der Waals surface area contributed by atoms with Crippen LogP contribution in [0.25, 0.3) is 11.7 Å². The van der Waals surface area contributed by atoms with Crippen LogP contribution in [0, 0.1) is 5.82 Å². The van der Waals surface area contributed by atoms with E-state index in [0.29, 0.717) is 12.3 Å². The number of benzene rings is 1. The topological polar surface area (TPSA) is 107 Å². The summed E-state index contributed by atoms with van der Waals surface area (Å²) in [6.45, 7) is 1.84. The SMILES string of the molecule is CCc1nnc(-c2ccc(S(=O)(=O)Nc3ccc(OC)c(F)c3)o2)o1. The van der Waals surface area contributed by atoms with E-state index in [1.807, 2.05) is 6.92 Å². The molecule has 3 rings (SSSR count). The molecule has 1 aromatic carbocycles. The molecule has 0 fully saturated rings. The van der Waals surface area contributed by atoms with Crippen molar-refractivity contribution >= 4 is 15.7 Å². The maximum atomic E-state index is 13.7. The van der Waals surface area contributed by atoms with Crippen molar-refractivity contribution in [3.05, 3.63) is 42.0 Å². The number of nitrogens with one attached hydrogen (secondary N) is 1. The van der Waals surface area contributed by atoms with Gasteiger partial charge in [0.05, 0.1) is 12.8 Å². The average Bonchev–Trinajstić information content (AvgIpc) is 3.24. The molecule has 0 atom stereocenters. The lowest BCUT2D eigenvalue weighted by molar-refractivity contribution is 0.386. The number of hydrogen-bond donors (Lipinski definition) is 1. The standard InChI is InChI=1S/C15H14FN3O5S/c1-3-13-17-18-15(24-13)12-6-7-14(23-12)25(20,21)19-9-4-5-11(22-2)10(16)8-9/h4-8,19H,3H2,1-2H3. The summed E-state index contributed by atoms with van der Waals surface area (Å²) in [6.07, 6.45) is 0.545. The van der Waals surface area contributed by atoms with Crippen LogP contribution >= 0.6 is 0 Å². The quantitative estimate of drug-likeness (QED) is 0.714. The largest absolute Gasteiger partial charge is 0.494 e. The highest BCUT2D eigenvalue weighted by molar-refractivity contribution is 7.92. The Bertz CT molecular complexity index is 996. The molecule has 0 unspecified atom stereocenters. The van der Waals surface area contributed by atoms with E-state index in [1.165, 1.54) is 31.4 Å². The van der Waals surface area contributed by atoms with Crippen molar-refractivity contribution in [2.24, 2.45) is 0 Å². The number of sulfonamides is 1. The highest BCUT2D eigenvalue weighted by atomic mass is 32.2. The zero-order chi connectivity index (χ0) is 18.0. The molecule has 1 N–H and O–H groups in total. The van der Waals surface area contributed by atoms with E-state index in [9.17, 15) is 12.8 Å². The van der Waals surface area contributed by atoms with Gasteiger partial charge >= 0.3 is 0 Å². The first-order chi connectivity index (χ1) is 11.9. The Morgan fingerprint density at radius 3 is 2.64 bits per heavy atom. The number of rotatable bonds is 6. The smallest absolute Gasteiger partial charge is 0.295 e. The number of nitrogens with zero attached hydrogens (tertiary/aromatic N) is 2. The number of aryl methyl sites for hydroxylation is 1. The normalized spacial score (nSPS) is 11.5. The molecule has 0 aliphatic heterocycles. The van der Waals surface area contributed by atoms with E-state index >= 15 is 0 Å². The molecule has 0 aliphatic carbocycles. The van der Waals surface area contributed by atoms with Crippen molar-refractivity contribution < 1.29 is 26.4 Å². The highest BCUT2D eigenvalue weighted by Crippen LogP contribution is 2.26. The van der Waals surface area contributed by atoms with Crippen LogP contribution in [-0.4, -0.2) is 25.7 Å². The first kappa shape index (κ1) is 17.0. The third-order valence-corrected chi connectivity index (χ3v) is 4.48. The van der Waals surface area contributed by atoms with Crippen molar-refractivity contribution in [1.82, 2.24) is 10.2 Å². The maximum Gasteiger partial charge on any atom is 0.295 e. The molecule has 0 spiro atoms. The van der Waals surface area contributed by atoms with Crippen molar-refractivity contribution in [2.45, 2.75) is 18.4 Å². The van der Waals surface area contributed by atoms with Crippen LogP contribution in [0.4, 0.5) is 10.1 Å². The molecule has 2 heterocycles. The fourth-order valence-electron chi connectivity index (χ4n) is 2.01. The van der Waals surface area contributed by atoms with Gasteiger partial charge in [-0.3, -0.25) is 4.72 Å². The van der Waals surface area contributed by atoms with Gasteiger partial charge in [-0.15, -0.1) is 10.2 Å². The first-order valence-electron chi connectivity index (χ1n) is 7.22. The van der Waals surface area contributed by atoms with Crippen LogP contribution in [0.5, 0.6) is 5.75 Å². The van der Waals surface area contributed by atoms with E-state index < -0.39 is 15.8 Å². The monoisotopic (exact) mass is 367 g/mol. The Labute approximate surface area is 142 Å². The zero-order valence-corrected chi connectivity index (χ0v) is 14.1. The van der Waals surface area contributed by atoms with Crippen molar-refractivity contribution in [3.8, 4) is 17.4 Å².